The van der Waals surface area contributed by atoms with E-state index in [1.807, 2.05) is 4.90 Å². The molecule has 13 heavy (non-hydrogen) atoms. The van der Waals surface area contributed by atoms with Gasteiger partial charge in [0.25, 0.3) is 6.67 Å². The third-order valence-electron chi connectivity index (χ3n) is 2.99. The Hall–Kier alpha value is -0.680. The third-order valence-corrected chi connectivity index (χ3v) is 2.99. The molecule has 0 saturated carbocycles. The van der Waals surface area contributed by atoms with E-state index in [4.69, 9.17) is 0 Å². The molecular weight excluding hydrogens is 170 g/mol. The lowest BCUT2D eigenvalue weighted by Crippen LogP contribution is -2.51. The number of nitro groups is 1. The van der Waals surface area contributed by atoms with Crippen molar-refractivity contribution < 1.29 is 4.92 Å². The first kappa shape index (κ1) is 8.90. The summed E-state index contributed by atoms with van der Waals surface area (Å²) in [6.07, 6.45) is 2.48. The van der Waals surface area contributed by atoms with Gasteiger partial charge in [-0.3, -0.25) is 15.0 Å². The fourth-order valence-electron chi connectivity index (χ4n) is 2.35. The van der Waals surface area contributed by atoms with Crippen LogP contribution in [0.15, 0.2) is 0 Å². The first-order chi connectivity index (χ1) is 6.25. The van der Waals surface area contributed by atoms with Crippen molar-refractivity contribution in [1.82, 2.24) is 9.80 Å². The van der Waals surface area contributed by atoms with Crippen molar-refractivity contribution in [2.45, 2.75) is 18.9 Å². The van der Waals surface area contributed by atoms with Crippen molar-refractivity contribution in [3.8, 4) is 0 Å². The number of fused-ring (bicyclic) bond motifs is 1. The number of nitrogens with zero attached hydrogens (tertiary/aromatic N) is 3. The summed E-state index contributed by atoms with van der Waals surface area (Å²) < 4.78 is 0. The molecule has 0 amide bonds. The largest absolute Gasteiger partial charge is 0.298 e. The maximum Gasteiger partial charge on any atom is 0.259 e. The Labute approximate surface area is 77.5 Å². The summed E-state index contributed by atoms with van der Waals surface area (Å²) in [7, 11) is 0. The maximum atomic E-state index is 10.3. The summed E-state index contributed by atoms with van der Waals surface area (Å²) in [4.78, 5) is 14.5. The maximum absolute atomic E-state index is 10.3. The van der Waals surface area contributed by atoms with Crippen LogP contribution in [-0.4, -0.2) is 53.6 Å². The molecule has 1 atom stereocenters. The highest BCUT2D eigenvalue weighted by Gasteiger charge is 2.31. The molecule has 0 N–H and O–H groups in total. The molecule has 2 aliphatic rings. The second-order valence-electron chi connectivity index (χ2n) is 3.88. The molecule has 0 bridgehead atoms. The Morgan fingerprint density at radius 3 is 3.00 bits per heavy atom. The molecule has 2 saturated heterocycles. The summed E-state index contributed by atoms with van der Waals surface area (Å²) in [5, 5.41) is 10.3. The van der Waals surface area contributed by atoms with Crippen molar-refractivity contribution in [1.29, 1.82) is 0 Å². The lowest BCUT2D eigenvalue weighted by atomic mass is 10.2. The summed E-state index contributed by atoms with van der Waals surface area (Å²) in [6.45, 7) is 3.97. The lowest BCUT2D eigenvalue weighted by Gasteiger charge is -2.35. The van der Waals surface area contributed by atoms with Gasteiger partial charge in [0.15, 0.2) is 0 Å². The van der Waals surface area contributed by atoms with Gasteiger partial charge >= 0.3 is 0 Å². The van der Waals surface area contributed by atoms with Gasteiger partial charge in [-0.15, -0.1) is 0 Å². The molecule has 0 aromatic carbocycles. The van der Waals surface area contributed by atoms with Gasteiger partial charge in [0.05, 0.1) is 0 Å². The lowest BCUT2D eigenvalue weighted by molar-refractivity contribution is -0.505. The molecule has 1 unspecified atom stereocenters. The molecule has 0 radical (unpaired) electrons. The summed E-state index contributed by atoms with van der Waals surface area (Å²) in [5.41, 5.74) is 0. The van der Waals surface area contributed by atoms with Gasteiger partial charge in [0, 0.05) is 30.6 Å². The van der Waals surface area contributed by atoms with E-state index in [0.29, 0.717) is 6.04 Å². The SMILES string of the molecule is O=[N+]([O-])CN1CCN2CCCC2C1. The zero-order valence-electron chi connectivity index (χ0n) is 7.69. The normalized spacial score (nSPS) is 30.3. The molecule has 0 aliphatic carbocycles. The molecule has 5 heteroatoms. The van der Waals surface area contributed by atoms with Crippen molar-refractivity contribution in [3.63, 3.8) is 0 Å². The fourth-order valence-corrected chi connectivity index (χ4v) is 2.35. The summed E-state index contributed by atoms with van der Waals surface area (Å²) >= 11 is 0. The molecule has 2 fully saturated rings. The Balaban J connectivity index is 1.86. The van der Waals surface area contributed by atoms with Crippen molar-refractivity contribution >= 4 is 0 Å². The first-order valence-electron chi connectivity index (χ1n) is 4.84. The molecule has 0 aromatic heterocycles. The van der Waals surface area contributed by atoms with Gasteiger partial charge in [0.2, 0.25) is 0 Å². The standard InChI is InChI=1S/C8H15N3O2/c12-11(13)7-9-4-5-10-3-1-2-8(10)6-9/h8H,1-7H2. The minimum absolute atomic E-state index is 0.0182. The summed E-state index contributed by atoms with van der Waals surface area (Å²) in [6, 6.07) is 0.591. The van der Waals surface area contributed by atoms with Gasteiger partial charge in [-0.05, 0) is 19.4 Å². The average molecular weight is 185 g/mol. The molecule has 2 rings (SSSR count). The van der Waals surface area contributed by atoms with E-state index in [1.54, 1.807) is 0 Å². The smallest absolute Gasteiger partial charge is 0.259 e. The number of hydrogen-bond acceptors (Lipinski definition) is 4. The monoisotopic (exact) mass is 185 g/mol. The average Bonchev–Trinajstić information content (AvgIpc) is 2.49. The van der Waals surface area contributed by atoms with Gasteiger partial charge < -0.3 is 0 Å². The van der Waals surface area contributed by atoms with E-state index >= 15 is 0 Å². The van der Waals surface area contributed by atoms with Crippen LogP contribution in [0.5, 0.6) is 0 Å². The van der Waals surface area contributed by atoms with Crippen LogP contribution in [0.4, 0.5) is 0 Å². The molecule has 74 valence electrons. The van der Waals surface area contributed by atoms with E-state index in [1.165, 1.54) is 19.4 Å². The molecule has 0 aromatic rings. The van der Waals surface area contributed by atoms with Gasteiger partial charge in [-0.1, -0.05) is 0 Å². The van der Waals surface area contributed by atoms with Crippen LogP contribution in [0.1, 0.15) is 12.8 Å². The van der Waals surface area contributed by atoms with E-state index < -0.39 is 0 Å². The number of hydrogen-bond donors (Lipinski definition) is 0. The van der Waals surface area contributed by atoms with Crippen molar-refractivity contribution in [2.75, 3.05) is 32.8 Å². The van der Waals surface area contributed by atoms with Crippen LogP contribution in [0.3, 0.4) is 0 Å². The highest BCUT2D eigenvalue weighted by Crippen LogP contribution is 2.20. The Kier molecular flexibility index (Phi) is 2.46. The molecular formula is C8H15N3O2. The quantitative estimate of drug-likeness (QED) is 0.449. The third kappa shape index (κ3) is 1.97. The van der Waals surface area contributed by atoms with Crippen LogP contribution in [0, 0.1) is 10.1 Å². The van der Waals surface area contributed by atoms with Crippen molar-refractivity contribution in [2.24, 2.45) is 0 Å². The van der Waals surface area contributed by atoms with E-state index in [2.05, 4.69) is 4.90 Å². The number of rotatable bonds is 2. The van der Waals surface area contributed by atoms with Crippen LogP contribution < -0.4 is 0 Å². The molecule has 2 heterocycles. The van der Waals surface area contributed by atoms with Crippen LogP contribution in [0.2, 0.25) is 0 Å². The minimum atomic E-state index is -0.232. The fraction of sp³-hybridized carbons (Fsp3) is 1.00. The van der Waals surface area contributed by atoms with Gasteiger partial charge in [-0.25, -0.2) is 4.90 Å². The minimum Gasteiger partial charge on any atom is -0.298 e. The highest BCUT2D eigenvalue weighted by molar-refractivity contribution is 4.85. The van der Waals surface area contributed by atoms with Crippen LogP contribution in [-0.2, 0) is 0 Å². The zero-order valence-corrected chi connectivity index (χ0v) is 7.69. The topological polar surface area (TPSA) is 49.6 Å². The van der Waals surface area contributed by atoms with Gasteiger partial charge in [0.1, 0.15) is 0 Å². The van der Waals surface area contributed by atoms with Gasteiger partial charge in [-0.2, -0.15) is 0 Å². The molecule has 0 spiro atoms. The number of piperazine rings is 1. The van der Waals surface area contributed by atoms with E-state index in [0.717, 1.165) is 19.6 Å². The predicted molar refractivity (Wildman–Crippen MR) is 48.0 cm³/mol. The Morgan fingerprint density at radius 1 is 1.38 bits per heavy atom. The Bertz CT molecular complexity index is 210. The highest BCUT2D eigenvalue weighted by atomic mass is 16.6. The summed E-state index contributed by atoms with van der Waals surface area (Å²) in [5.74, 6) is 0. The van der Waals surface area contributed by atoms with Crippen LogP contribution in [0.25, 0.3) is 0 Å². The van der Waals surface area contributed by atoms with E-state index in [9.17, 15) is 10.1 Å². The zero-order chi connectivity index (χ0) is 9.26. The predicted octanol–water partition coefficient (Wildman–Crippen LogP) is 0.000600. The first-order valence-corrected chi connectivity index (χ1v) is 4.84. The second-order valence-corrected chi connectivity index (χ2v) is 3.88. The second kappa shape index (κ2) is 3.59. The molecule has 5 nitrogen and oxygen atoms in total. The van der Waals surface area contributed by atoms with Crippen molar-refractivity contribution in [3.05, 3.63) is 10.1 Å². The Morgan fingerprint density at radius 2 is 2.23 bits per heavy atom. The van der Waals surface area contributed by atoms with Crippen LogP contribution >= 0.6 is 0 Å². The van der Waals surface area contributed by atoms with E-state index in [-0.39, 0.29) is 11.6 Å². The molecule has 2 aliphatic heterocycles.